The van der Waals surface area contributed by atoms with E-state index >= 15 is 0 Å². The highest BCUT2D eigenvalue weighted by atomic mass is 32.2. The van der Waals surface area contributed by atoms with Crippen LogP contribution in [0.4, 0.5) is 5.69 Å². The number of nitrogens with zero attached hydrogens (tertiary/aromatic N) is 4. The van der Waals surface area contributed by atoms with Crippen LogP contribution in [0.1, 0.15) is 10.9 Å². The summed E-state index contributed by atoms with van der Waals surface area (Å²) < 4.78 is 7.11. The average molecular weight is 401 g/mol. The number of aromatic nitrogens is 2. The molecule has 2 aliphatic rings. The number of benzene rings is 1. The molecule has 3 heterocycles. The number of ether oxygens (including phenoxy) is 1. The fourth-order valence-electron chi connectivity index (χ4n) is 3.39. The fourth-order valence-corrected chi connectivity index (χ4v) is 4.54. The average Bonchev–Trinajstić information content (AvgIpc) is 3.26. The first-order valence-electron chi connectivity index (χ1n) is 9.20. The van der Waals surface area contributed by atoms with E-state index < -0.39 is 0 Å². The number of aryl methyl sites for hydroxylation is 1. The molecular weight excluding hydrogens is 376 g/mol. The number of morpholine rings is 1. The monoisotopic (exact) mass is 400 g/mol. The Morgan fingerprint density at radius 3 is 2.75 bits per heavy atom. The normalized spacial score (nSPS) is 20.6. The van der Waals surface area contributed by atoms with Gasteiger partial charge in [0.15, 0.2) is 0 Å². The predicted molar refractivity (Wildman–Crippen MR) is 109 cm³/mol. The van der Waals surface area contributed by atoms with Gasteiger partial charge in [0.25, 0.3) is 5.91 Å². The van der Waals surface area contributed by atoms with E-state index in [4.69, 9.17) is 10.5 Å². The molecule has 1 unspecified atom stereocenters. The number of hydrogen-bond acceptors (Lipinski definition) is 7. The maximum atomic E-state index is 13.1. The maximum absolute atomic E-state index is 13.1. The number of carbonyl (C=O) groups is 1. The molecule has 1 aromatic heterocycles. The number of nitrogens with two attached hydrogens (primary N) is 1. The van der Waals surface area contributed by atoms with E-state index in [1.807, 2.05) is 25.2 Å². The molecule has 0 spiro atoms. The van der Waals surface area contributed by atoms with Crippen molar-refractivity contribution in [2.75, 3.05) is 38.3 Å². The maximum Gasteiger partial charge on any atom is 0.274 e. The Labute approximate surface area is 168 Å². The summed E-state index contributed by atoms with van der Waals surface area (Å²) in [5.74, 6) is -0.218. The van der Waals surface area contributed by atoms with Gasteiger partial charge in [-0.1, -0.05) is 42.1 Å². The van der Waals surface area contributed by atoms with Crippen molar-refractivity contribution in [2.45, 2.75) is 5.37 Å². The smallest absolute Gasteiger partial charge is 0.274 e. The third kappa shape index (κ3) is 4.01. The lowest BCUT2D eigenvalue weighted by Crippen LogP contribution is -2.45. The lowest BCUT2D eigenvalue weighted by molar-refractivity contribution is -0.114. The Hall–Kier alpha value is -2.49. The topological polar surface area (TPSA) is 88.7 Å². The molecular formula is C19H24N6O2S. The van der Waals surface area contributed by atoms with E-state index in [0.29, 0.717) is 36.3 Å². The van der Waals surface area contributed by atoms with Crippen LogP contribution in [0.3, 0.4) is 0 Å². The predicted octanol–water partition coefficient (Wildman–Crippen LogP) is 1.52. The number of carbonyl (C=O) groups excluding carboxylic acids is 1. The van der Waals surface area contributed by atoms with Crippen LogP contribution in [0, 0.1) is 0 Å². The van der Waals surface area contributed by atoms with Crippen molar-refractivity contribution in [2.24, 2.45) is 12.8 Å². The van der Waals surface area contributed by atoms with Gasteiger partial charge in [0.05, 0.1) is 36.8 Å². The van der Waals surface area contributed by atoms with Crippen LogP contribution in [0.5, 0.6) is 0 Å². The molecule has 1 aromatic carbocycles. The molecule has 9 heteroatoms. The third-order valence-corrected chi connectivity index (χ3v) is 5.96. The van der Waals surface area contributed by atoms with Crippen LogP contribution in [-0.4, -0.2) is 58.5 Å². The quantitative estimate of drug-likeness (QED) is 0.787. The van der Waals surface area contributed by atoms with Gasteiger partial charge in [0, 0.05) is 26.3 Å². The van der Waals surface area contributed by atoms with Crippen LogP contribution < -0.4 is 11.1 Å². The van der Waals surface area contributed by atoms with Crippen molar-refractivity contribution in [3.63, 3.8) is 0 Å². The van der Waals surface area contributed by atoms with E-state index in [1.165, 1.54) is 11.8 Å². The van der Waals surface area contributed by atoms with Gasteiger partial charge in [-0.3, -0.25) is 14.4 Å². The summed E-state index contributed by atoms with van der Waals surface area (Å²) >= 11 is 1.51. The highest BCUT2D eigenvalue weighted by molar-refractivity contribution is 8.03. The molecule has 4 rings (SSSR count). The summed E-state index contributed by atoms with van der Waals surface area (Å²) in [6.45, 7) is 3.69. The van der Waals surface area contributed by atoms with Gasteiger partial charge < -0.3 is 20.7 Å². The molecule has 2 aromatic rings. The fraction of sp³-hybridized carbons (Fsp3) is 0.368. The van der Waals surface area contributed by atoms with Crippen molar-refractivity contribution in [3.05, 3.63) is 59.0 Å². The molecule has 2 aliphatic heterocycles. The van der Waals surface area contributed by atoms with Gasteiger partial charge in [0.1, 0.15) is 11.1 Å². The molecule has 0 bridgehead atoms. The lowest BCUT2D eigenvalue weighted by Gasteiger charge is -2.35. The van der Waals surface area contributed by atoms with E-state index in [9.17, 15) is 4.79 Å². The van der Waals surface area contributed by atoms with Crippen molar-refractivity contribution >= 4 is 23.4 Å². The van der Waals surface area contributed by atoms with Crippen LogP contribution in [0.25, 0.3) is 0 Å². The van der Waals surface area contributed by atoms with Gasteiger partial charge in [-0.05, 0) is 5.56 Å². The highest BCUT2D eigenvalue weighted by Gasteiger charge is 2.37. The van der Waals surface area contributed by atoms with E-state index in [1.54, 1.807) is 17.1 Å². The van der Waals surface area contributed by atoms with Crippen LogP contribution in [0.15, 0.2) is 53.5 Å². The zero-order chi connectivity index (χ0) is 19.5. The largest absolute Gasteiger partial charge is 0.392 e. The first-order chi connectivity index (χ1) is 13.6. The van der Waals surface area contributed by atoms with Crippen molar-refractivity contribution in [1.29, 1.82) is 0 Å². The van der Waals surface area contributed by atoms with Gasteiger partial charge >= 0.3 is 0 Å². The minimum atomic E-state index is -0.218. The Kier molecular flexibility index (Phi) is 5.56. The van der Waals surface area contributed by atoms with Gasteiger partial charge in [-0.2, -0.15) is 5.10 Å². The second-order valence-electron chi connectivity index (χ2n) is 6.79. The van der Waals surface area contributed by atoms with E-state index in [-0.39, 0.29) is 11.3 Å². The lowest BCUT2D eigenvalue weighted by atomic mass is 10.2. The number of nitrogens with one attached hydrogen (secondary N) is 1. The second kappa shape index (κ2) is 8.26. The minimum absolute atomic E-state index is 0.0429. The molecule has 1 saturated heterocycles. The molecule has 148 valence electrons. The molecule has 0 aliphatic carbocycles. The molecule has 8 nitrogen and oxygen atoms in total. The van der Waals surface area contributed by atoms with Gasteiger partial charge in [-0.25, -0.2) is 0 Å². The molecule has 28 heavy (non-hydrogen) atoms. The Balaban J connectivity index is 1.59. The summed E-state index contributed by atoms with van der Waals surface area (Å²) in [4.78, 5) is 17.5. The summed E-state index contributed by atoms with van der Waals surface area (Å²) in [6.07, 6.45) is 3.38. The summed E-state index contributed by atoms with van der Waals surface area (Å²) in [5, 5.41) is 7.51. The molecule has 0 saturated carbocycles. The molecule has 3 N–H and O–H groups in total. The molecule has 1 atom stereocenters. The zero-order valence-corrected chi connectivity index (χ0v) is 16.6. The van der Waals surface area contributed by atoms with Crippen molar-refractivity contribution in [1.82, 2.24) is 19.6 Å². The minimum Gasteiger partial charge on any atom is -0.392 e. The number of rotatable bonds is 5. The van der Waals surface area contributed by atoms with Crippen molar-refractivity contribution in [3.8, 4) is 0 Å². The zero-order valence-electron chi connectivity index (χ0n) is 15.7. The van der Waals surface area contributed by atoms with E-state index in [0.717, 1.165) is 18.7 Å². The Morgan fingerprint density at radius 2 is 2.07 bits per heavy atom. The third-order valence-electron chi connectivity index (χ3n) is 4.76. The Morgan fingerprint density at radius 1 is 1.32 bits per heavy atom. The standard InChI is InChI=1S/C19H24N6O2S/c1-23-12-15(11-21-23)22-18(26)16-17(20)28-19(14-5-3-2-4-6-14)25(16)13-24-7-9-27-10-8-24/h2-6,11-12,19H,7-10,13,20H2,1H3,(H,22,26). The number of amides is 1. The summed E-state index contributed by atoms with van der Waals surface area (Å²) in [5.41, 5.74) is 8.61. The molecule has 1 amide bonds. The van der Waals surface area contributed by atoms with Crippen LogP contribution in [-0.2, 0) is 16.6 Å². The molecule has 0 radical (unpaired) electrons. The highest BCUT2D eigenvalue weighted by Crippen LogP contribution is 2.45. The van der Waals surface area contributed by atoms with E-state index in [2.05, 4.69) is 32.3 Å². The number of thioether (sulfide) groups is 1. The molecule has 1 fully saturated rings. The summed E-state index contributed by atoms with van der Waals surface area (Å²) in [7, 11) is 1.81. The second-order valence-corrected chi connectivity index (χ2v) is 7.91. The van der Waals surface area contributed by atoms with Crippen LogP contribution in [0.2, 0.25) is 0 Å². The number of hydrogen-bond donors (Lipinski definition) is 2. The van der Waals surface area contributed by atoms with Gasteiger partial charge in [-0.15, -0.1) is 0 Å². The first kappa shape index (κ1) is 18.9. The van der Waals surface area contributed by atoms with Gasteiger partial charge in [0.2, 0.25) is 0 Å². The summed E-state index contributed by atoms with van der Waals surface area (Å²) in [6, 6.07) is 10.1. The van der Waals surface area contributed by atoms with Crippen LogP contribution >= 0.6 is 11.8 Å². The Bertz CT molecular complexity index is 862. The number of anilines is 1. The van der Waals surface area contributed by atoms with Crippen molar-refractivity contribution < 1.29 is 9.53 Å². The first-order valence-corrected chi connectivity index (χ1v) is 10.1. The SMILES string of the molecule is Cn1cc(NC(=O)C2=C(N)SC(c3ccccc3)N2CN2CCOCC2)cn1.